The lowest BCUT2D eigenvalue weighted by molar-refractivity contribution is 0.420. The number of unbranched alkanes of at least 4 members (excludes halogenated alkanes) is 1. The minimum atomic E-state index is 0.685. The van der Waals surface area contributed by atoms with E-state index in [-0.39, 0.29) is 0 Å². The van der Waals surface area contributed by atoms with Crippen molar-refractivity contribution in [2.24, 2.45) is 23.7 Å². The molecule has 0 saturated heterocycles. The summed E-state index contributed by atoms with van der Waals surface area (Å²) in [6.07, 6.45) is 12.8. The Morgan fingerprint density at radius 2 is 1.55 bits per heavy atom. The Morgan fingerprint density at radius 1 is 0.955 bits per heavy atom. The van der Waals surface area contributed by atoms with Gasteiger partial charge in [-0.2, -0.15) is 0 Å². The average Bonchev–Trinajstić information content (AvgIpc) is 2.47. The van der Waals surface area contributed by atoms with Crippen molar-refractivity contribution in [3.8, 4) is 0 Å². The lowest BCUT2D eigenvalue weighted by atomic mass is 9.83. The van der Waals surface area contributed by atoms with Gasteiger partial charge in [0.2, 0.25) is 0 Å². The number of rotatable bonds is 11. The predicted molar refractivity (Wildman–Crippen MR) is 103 cm³/mol. The van der Waals surface area contributed by atoms with Crippen molar-refractivity contribution >= 4 is 0 Å². The van der Waals surface area contributed by atoms with Gasteiger partial charge in [0.15, 0.2) is 0 Å². The van der Waals surface area contributed by atoms with E-state index >= 15 is 0 Å². The van der Waals surface area contributed by atoms with Crippen molar-refractivity contribution in [1.82, 2.24) is 0 Å². The zero-order valence-electron chi connectivity index (χ0n) is 16.7. The molecule has 0 fully saturated rings. The van der Waals surface area contributed by atoms with Crippen molar-refractivity contribution in [1.29, 1.82) is 0 Å². The molecule has 0 N–H and O–H groups in total. The van der Waals surface area contributed by atoms with Crippen molar-refractivity contribution in [2.45, 2.75) is 93.9 Å². The zero-order valence-corrected chi connectivity index (χ0v) is 16.7. The fourth-order valence-corrected chi connectivity index (χ4v) is 3.10. The molecule has 0 heteroatoms. The van der Waals surface area contributed by atoms with Gasteiger partial charge >= 0.3 is 0 Å². The van der Waals surface area contributed by atoms with E-state index in [0.717, 1.165) is 17.8 Å². The van der Waals surface area contributed by atoms with E-state index in [1.165, 1.54) is 38.5 Å². The lowest BCUT2D eigenvalue weighted by Crippen LogP contribution is -2.09. The van der Waals surface area contributed by atoms with Crippen LogP contribution in [0.2, 0.25) is 0 Å². The number of allylic oxidation sites excluding steroid dienone is 4. The van der Waals surface area contributed by atoms with E-state index in [2.05, 4.69) is 67.5 Å². The highest BCUT2D eigenvalue weighted by molar-refractivity contribution is 5.26. The lowest BCUT2D eigenvalue weighted by Gasteiger charge is -2.23. The summed E-state index contributed by atoms with van der Waals surface area (Å²) < 4.78 is 0. The molecule has 22 heavy (non-hydrogen) atoms. The molecular weight excluding hydrogens is 264 g/mol. The summed E-state index contributed by atoms with van der Waals surface area (Å²) in [5.41, 5.74) is 3.20. The molecular formula is C22H42. The van der Waals surface area contributed by atoms with E-state index in [1.807, 2.05) is 0 Å². The van der Waals surface area contributed by atoms with E-state index in [4.69, 9.17) is 0 Å². The van der Waals surface area contributed by atoms with Crippen LogP contribution in [0.5, 0.6) is 0 Å². The van der Waals surface area contributed by atoms with Crippen molar-refractivity contribution in [3.63, 3.8) is 0 Å². The number of hydrogen-bond donors (Lipinski definition) is 0. The highest BCUT2D eigenvalue weighted by atomic mass is 14.2. The molecule has 0 spiro atoms. The van der Waals surface area contributed by atoms with Gasteiger partial charge in [-0.15, -0.1) is 0 Å². The molecule has 0 rings (SSSR count). The Morgan fingerprint density at radius 3 is 2.00 bits per heavy atom. The van der Waals surface area contributed by atoms with Crippen LogP contribution in [-0.2, 0) is 0 Å². The Hall–Kier alpha value is -0.520. The Bertz CT molecular complexity index is 330. The average molecular weight is 307 g/mol. The van der Waals surface area contributed by atoms with Crippen LogP contribution in [0.4, 0.5) is 0 Å². The first-order valence-electron chi connectivity index (χ1n) is 9.65. The molecule has 0 radical (unpaired) electrons. The molecule has 0 aromatic heterocycles. The van der Waals surface area contributed by atoms with Crippen LogP contribution < -0.4 is 0 Å². The summed E-state index contributed by atoms with van der Waals surface area (Å²) in [7, 11) is 0. The van der Waals surface area contributed by atoms with Gasteiger partial charge in [-0.05, 0) is 49.5 Å². The highest BCUT2D eigenvalue weighted by Crippen LogP contribution is 2.29. The summed E-state index contributed by atoms with van der Waals surface area (Å²) >= 11 is 0. The van der Waals surface area contributed by atoms with Gasteiger partial charge in [0.1, 0.15) is 0 Å². The fourth-order valence-electron chi connectivity index (χ4n) is 3.10. The molecule has 0 aromatic rings. The van der Waals surface area contributed by atoms with E-state index < -0.39 is 0 Å². The smallest absolute Gasteiger partial charge is 0.0205 e. The summed E-state index contributed by atoms with van der Waals surface area (Å²) in [6, 6.07) is 0. The quantitative estimate of drug-likeness (QED) is 0.270. The van der Waals surface area contributed by atoms with Gasteiger partial charge in [-0.25, -0.2) is 0 Å². The van der Waals surface area contributed by atoms with Crippen LogP contribution in [-0.4, -0.2) is 0 Å². The van der Waals surface area contributed by atoms with Gasteiger partial charge in [0.25, 0.3) is 0 Å². The summed E-state index contributed by atoms with van der Waals surface area (Å²) in [4.78, 5) is 0. The molecule has 0 saturated carbocycles. The maximum Gasteiger partial charge on any atom is -0.0205 e. The second kappa shape index (κ2) is 12.0. The summed E-state index contributed by atoms with van der Waals surface area (Å²) in [5.74, 6) is 3.12. The van der Waals surface area contributed by atoms with Gasteiger partial charge in [0, 0.05) is 0 Å². The first-order valence-corrected chi connectivity index (χ1v) is 9.65. The van der Waals surface area contributed by atoms with Gasteiger partial charge in [0.05, 0.1) is 0 Å². The summed E-state index contributed by atoms with van der Waals surface area (Å²) in [6.45, 7) is 18.6. The maximum atomic E-state index is 2.38. The largest absolute Gasteiger partial charge is 0.0874 e. The molecule has 130 valence electrons. The minimum Gasteiger partial charge on any atom is -0.0874 e. The third-order valence-corrected chi connectivity index (χ3v) is 5.29. The molecule has 2 atom stereocenters. The third-order valence-electron chi connectivity index (χ3n) is 5.29. The van der Waals surface area contributed by atoms with Crippen molar-refractivity contribution in [2.75, 3.05) is 0 Å². The van der Waals surface area contributed by atoms with Crippen LogP contribution in [0.15, 0.2) is 23.3 Å². The predicted octanol–water partition coefficient (Wildman–Crippen LogP) is 7.80. The zero-order chi connectivity index (χ0) is 17.1. The van der Waals surface area contributed by atoms with Gasteiger partial charge in [-0.1, -0.05) is 91.4 Å². The molecule has 0 aliphatic rings. The maximum absolute atomic E-state index is 2.38. The Labute approximate surface area is 141 Å². The second-order valence-electron chi connectivity index (χ2n) is 7.90. The topological polar surface area (TPSA) is 0 Å². The number of hydrogen-bond acceptors (Lipinski definition) is 0. The van der Waals surface area contributed by atoms with Crippen LogP contribution in [0.3, 0.4) is 0 Å². The van der Waals surface area contributed by atoms with Crippen molar-refractivity contribution < 1.29 is 0 Å². The van der Waals surface area contributed by atoms with E-state index in [9.17, 15) is 0 Å². The molecule has 0 aromatic carbocycles. The molecule has 2 unspecified atom stereocenters. The summed E-state index contributed by atoms with van der Waals surface area (Å²) in [5, 5.41) is 0. The molecule has 0 bridgehead atoms. The standard InChI is InChI=1S/C22H42/c1-9-13-22(20(8)19(7)18(5)6)16-21(10-2)15-12-11-14-17(3)4/h9,13,17-19,21H,10-12,14-16H2,1-8H3. The van der Waals surface area contributed by atoms with Crippen LogP contribution in [0.1, 0.15) is 93.9 Å². The molecule has 0 amide bonds. The fraction of sp³-hybridized carbons (Fsp3) is 0.818. The molecule has 0 nitrogen and oxygen atoms in total. The second-order valence-corrected chi connectivity index (χ2v) is 7.90. The van der Waals surface area contributed by atoms with Crippen LogP contribution in [0.25, 0.3) is 0 Å². The Kier molecular flexibility index (Phi) is 11.7. The molecule has 0 heterocycles. The van der Waals surface area contributed by atoms with E-state index in [1.54, 1.807) is 11.1 Å². The minimum absolute atomic E-state index is 0.685. The van der Waals surface area contributed by atoms with Crippen LogP contribution >= 0.6 is 0 Å². The van der Waals surface area contributed by atoms with Gasteiger partial charge in [-0.3, -0.25) is 0 Å². The highest BCUT2D eigenvalue weighted by Gasteiger charge is 2.15. The monoisotopic (exact) mass is 306 g/mol. The first-order chi connectivity index (χ1) is 10.3. The molecule has 0 aliphatic heterocycles. The molecule has 0 aliphatic carbocycles. The normalized spacial score (nSPS) is 16.5. The van der Waals surface area contributed by atoms with Crippen molar-refractivity contribution in [3.05, 3.63) is 23.3 Å². The third kappa shape index (κ3) is 8.81. The Balaban J connectivity index is 4.72. The SMILES string of the molecule is CC=CC(CC(CC)CCCCC(C)C)=C(C)C(C)C(C)C. The van der Waals surface area contributed by atoms with Gasteiger partial charge < -0.3 is 0 Å². The van der Waals surface area contributed by atoms with Crippen LogP contribution in [0, 0.1) is 23.7 Å². The van der Waals surface area contributed by atoms with E-state index in [0.29, 0.717) is 5.92 Å². The first kappa shape index (κ1) is 21.5.